The maximum absolute atomic E-state index is 12.1. The molecule has 1 aliphatic rings. The number of nitrogens with one attached hydrogen (secondary N) is 1. The van der Waals surface area contributed by atoms with Gasteiger partial charge in [-0.15, -0.1) is 4.40 Å². The van der Waals surface area contributed by atoms with Crippen LogP contribution >= 0.6 is 11.8 Å². The third kappa shape index (κ3) is 3.98. The molecule has 0 saturated heterocycles. The summed E-state index contributed by atoms with van der Waals surface area (Å²) in [5, 5.41) is 3.09. The van der Waals surface area contributed by atoms with Gasteiger partial charge in [-0.1, -0.05) is 17.8 Å². The van der Waals surface area contributed by atoms with Crippen LogP contribution < -0.4 is 5.32 Å². The Labute approximate surface area is 128 Å². The number of carbonyl (C=O) groups is 1. The molecule has 0 aromatic heterocycles. The van der Waals surface area contributed by atoms with Crippen LogP contribution in [0.1, 0.15) is 19.4 Å². The molecule has 0 unspecified atom stereocenters. The second kappa shape index (κ2) is 6.07. The lowest BCUT2D eigenvalue weighted by molar-refractivity contribution is -0.144. The number of anilines is 1. The summed E-state index contributed by atoms with van der Waals surface area (Å²) < 4.78 is 32.9. The van der Waals surface area contributed by atoms with E-state index in [2.05, 4.69) is 9.71 Å². The fourth-order valence-corrected chi connectivity index (χ4v) is 3.83. The van der Waals surface area contributed by atoms with Crippen molar-refractivity contribution in [2.45, 2.75) is 31.8 Å². The van der Waals surface area contributed by atoms with Gasteiger partial charge >= 0.3 is 5.97 Å². The van der Waals surface area contributed by atoms with E-state index >= 15 is 0 Å². The van der Waals surface area contributed by atoms with Crippen molar-refractivity contribution in [3.05, 3.63) is 23.8 Å². The maximum Gasteiger partial charge on any atom is 0.316 e. The van der Waals surface area contributed by atoms with Crippen molar-refractivity contribution in [3.8, 4) is 0 Å². The fourth-order valence-electron chi connectivity index (χ4n) is 1.73. The van der Waals surface area contributed by atoms with Crippen LogP contribution in [0.4, 0.5) is 5.69 Å². The van der Waals surface area contributed by atoms with Gasteiger partial charge in [0.15, 0.2) is 5.17 Å². The van der Waals surface area contributed by atoms with Gasteiger partial charge in [-0.3, -0.25) is 4.79 Å². The summed E-state index contributed by atoms with van der Waals surface area (Å²) in [7, 11) is -3.73. The van der Waals surface area contributed by atoms with Gasteiger partial charge in [-0.05, 0) is 38.5 Å². The number of sulfonamides is 1. The summed E-state index contributed by atoms with van der Waals surface area (Å²) in [5.74, 6) is -0.410. The molecule has 0 fully saturated rings. The smallest absolute Gasteiger partial charge is 0.316 e. The number of esters is 1. The minimum Gasteiger partial charge on any atom is -0.462 e. The fraction of sp³-hybridized carbons (Fsp3) is 0.385. The lowest BCUT2D eigenvalue weighted by Gasteiger charge is -2.18. The zero-order valence-corrected chi connectivity index (χ0v) is 13.5. The SMILES string of the molecule is Cc1ccc2c(c1)S(=O)(=O)N=C(SCC(=O)OC(C)C)N2. The number of rotatable bonds is 3. The minimum atomic E-state index is -3.73. The first-order chi connectivity index (χ1) is 9.78. The normalized spacial score (nSPS) is 15.9. The van der Waals surface area contributed by atoms with Crippen molar-refractivity contribution in [2.75, 3.05) is 11.1 Å². The highest BCUT2D eigenvalue weighted by molar-refractivity contribution is 8.15. The van der Waals surface area contributed by atoms with Crippen LogP contribution in [0.2, 0.25) is 0 Å². The molecule has 2 rings (SSSR count). The van der Waals surface area contributed by atoms with E-state index in [1.165, 1.54) is 0 Å². The highest BCUT2D eigenvalue weighted by Crippen LogP contribution is 2.30. The van der Waals surface area contributed by atoms with Gasteiger partial charge < -0.3 is 10.1 Å². The van der Waals surface area contributed by atoms with Crippen molar-refractivity contribution in [2.24, 2.45) is 4.40 Å². The number of hydrogen-bond acceptors (Lipinski definition) is 6. The molecule has 1 aliphatic heterocycles. The van der Waals surface area contributed by atoms with Crippen LogP contribution in [0.25, 0.3) is 0 Å². The number of fused-ring (bicyclic) bond motifs is 1. The van der Waals surface area contributed by atoms with Gasteiger partial charge in [0.05, 0.1) is 17.5 Å². The van der Waals surface area contributed by atoms with Crippen molar-refractivity contribution in [1.29, 1.82) is 0 Å². The van der Waals surface area contributed by atoms with Gasteiger partial charge in [-0.2, -0.15) is 8.42 Å². The Hall–Kier alpha value is -1.54. The predicted molar refractivity (Wildman–Crippen MR) is 83.1 cm³/mol. The Morgan fingerprint density at radius 1 is 1.43 bits per heavy atom. The first-order valence-corrected chi connectivity index (χ1v) is 8.75. The first kappa shape index (κ1) is 15.8. The number of carbonyl (C=O) groups excluding carboxylic acids is 1. The number of benzene rings is 1. The van der Waals surface area contributed by atoms with E-state index < -0.39 is 16.0 Å². The number of thioether (sulfide) groups is 1. The summed E-state index contributed by atoms with van der Waals surface area (Å²) in [5.41, 5.74) is 1.31. The Morgan fingerprint density at radius 3 is 2.81 bits per heavy atom. The molecular weight excluding hydrogens is 312 g/mol. The van der Waals surface area contributed by atoms with E-state index in [0.29, 0.717) is 5.69 Å². The van der Waals surface area contributed by atoms with Crippen LogP contribution in [-0.2, 0) is 19.6 Å². The van der Waals surface area contributed by atoms with Crippen molar-refractivity contribution in [3.63, 3.8) is 0 Å². The summed E-state index contributed by atoms with van der Waals surface area (Å²) in [4.78, 5) is 11.6. The highest BCUT2D eigenvalue weighted by Gasteiger charge is 2.25. The molecule has 0 radical (unpaired) electrons. The van der Waals surface area contributed by atoms with Crippen LogP contribution in [0.5, 0.6) is 0 Å². The number of amidine groups is 1. The van der Waals surface area contributed by atoms with E-state index in [9.17, 15) is 13.2 Å². The second-order valence-electron chi connectivity index (χ2n) is 4.82. The van der Waals surface area contributed by atoms with E-state index in [0.717, 1.165) is 17.3 Å². The van der Waals surface area contributed by atoms with E-state index in [1.54, 1.807) is 26.0 Å². The molecule has 21 heavy (non-hydrogen) atoms. The molecule has 1 heterocycles. The third-order valence-corrected chi connectivity index (χ3v) is 4.83. The Morgan fingerprint density at radius 2 is 2.14 bits per heavy atom. The van der Waals surface area contributed by atoms with E-state index in [-0.39, 0.29) is 21.9 Å². The molecule has 0 atom stereocenters. The average Bonchev–Trinajstić information content (AvgIpc) is 2.36. The lowest BCUT2D eigenvalue weighted by atomic mass is 10.2. The summed E-state index contributed by atoms with van der Waals surface area (Å²) >= 11 is 1.00. The number of aryl methyl sites for hydroxylation is 1. The quantitative estimate of drug-likeness (QED) is 0.856. The Kier molecular flexibility index (Phi) is 4.58. The highest BCUT2D eigenvalue weighted by atomic mass is 32.2. The molecule has 1 N–H and O–H groups in total. The monoisotopic (exact) mass is 328 g/mol. The zero-order chi connectivity index (χ0) is 15.6. The van der Waals surface area contributed by atoms with Gasteiger partial charge in [0, 0.05) is 0 Å². The number of hydrogen-bond donors (Lipinski definition) is 1. The van der Waals surface area contributed by atoms with E-state index in [4.69, 9.17) is 4.74 Å². The van der Waals surface area contributed by atoms with Gasteiger partial charge in [0.2, 0.25) is 0 Å². The van der Waals surface area contributed by atoms with Crippen LogP contribution in [0, 0.1) is 6.92 Å². The van der Waals surface area contributed by atoms with Crippen LogP contribution in [0.3, 0.4) is 0 Å². The van der Waals surface area contributed by atoms with Crippen molar-refractivity contribution < 1.29 is 17.9 Å². The summed E-state index contributed by atoms with van der Waals surface area (Å²) in [6.07, 6.45) is -0.202. The standard InChI is InChI=1S/C13H16N2O4S2/c1-8(2)19-12(16)7-20-13-14-10-5-4-9(3)6-11(10)21(17,18)15-13/h4-6,8H,7H2,1-3H3,(H,14,15). The molecule has 1 aromatic carbocycles. The second-order valence-corrected chi connectivity index (χ2v) is 7.36. The Bertz CT molecular complexity index is 696. The van der Waals surface area contributed by atoms with Gasteiger partial charge in [-0.25, -0.2) is 0 Å². The first-order valence-electron chi connectivity index (χ1n) is 6.33. The van der Waals surface area contributed by atoms with Crippen molar-refractivity contribution in [1.82, 2.24) is 0 Å². The van der Waals surface area contributed by atoms with E-state index in [1.807, 2.05) is 13.0 Å². The average molecular weight is 328 g/mol. The Balaban J connectivity index is 2.13. The number of ether oxygens (including phenoxy) is 1. The van der Waals surface area contributed by atoms with Gasteiger partial charge in [0.25, 0.3) is 10.0 Å². The van der Waals surface area contributed by atoms with Crippen molar-refractivity contribution >= 4 is 38.6 Å². The minimum absolute atomic E-state index is 0.000722. The molecule has 1 aromatic rings. The molecule has 0 spiro atoms. The van der Waals surface area contributed by atoms with Crippen LogP contribution in [-0.4, -0.2) is 31.4 Å². The molecule has 114 valence electrons. The predicted octanol–water partition coefficient (Wildman–Crippen LogP) is 2.15. The van der Waals surface area contributed by atoms with Crippen LogP contribution in [0.15, 0.2) is 27.5 Å². The molecule has 8 heteroatoms. The molecule has 0 saturated carbocycles. The number of nitrogens with zero attached hydrogens (tertiary/aromatic N) is 1. The maximum atomic E-state index is 12.1. The molecule has 0 aliphatic carbocycles. The molecule has 0 bridgehead atoms. The lowest BCUT2D eigenvalue weighted by Crippen LogP contribution is -2.21. The largest absolute Gasteiger partial charge is 0.462 e. The molecule has 0 amide bonds. The van der Waals surface area contributed by atoms with Gasteiger partial charge in [0.1, 0.15) is 4.90 Å². The zero-order valence-electron chi connectivity index (χ0n) is 11.9. The molecular formula is C13H16N2O4S2. The summed E-state index contributed by atoms with van der Waals surface area (Å²) in [6.45, 7) is 5.32. The molecule has 6 nitrogen and oxygen atoms in total. The topological polar surface area (TPSA) is 84.8 Å². The third-order valence-electron chi connectivity index (χ3n) is 2.55. The summed E-state index contributed by atoms with van der Waals surface area (Å²) in [6, 6.07) is 5.06.